The lowest BCUT2D eigenvalue weighted by Crippen LogP contribution is -2.32. The Labute approximate surface area is 200 Å². The third kappa shape index (κ3) is 5.66. The Kier molecular flexibility index (Phi) is 8.87. The predicted octanol–water partition coefficient (Wildman–Crippen LogP) is 4.50. The molecule has 0 spiro atoms. The van der Waals surface area contributed by atoms with Crippen molar-refractivity contribution in [1.29, 1.82) is 0 Å². The van der Waals surface area contributed by atoms with Gasteiger partial charge in [-0.25, -0.2) is 0 Å². The van der Waals surface area contributed by atoms with Crippen LogP contribution in [0.2, 0.25) is 0 Å². The summed E-state index contributed by atoms with van der Waals surface area (Å²) < 4.78 is 16.5. The highest BCUT2D eigenvalue weighted by molar-refractivity contribution is 6.14. The van der Waals surface area contributed by atoms with Crippen molar-refractivity contribution in [2.75, 3.05) is 33.5 Å². The van der Waals surface area contributed by atoms with Crippen LogP contribution in [0.4, 0.5) is 0 Å². The SMILES string of the molecule is CCOc1ccc(C2C(C(=O)C=Cc3ccccc3)=C(O)C(=O)N2CCCOC)cc1OCC. The molecule has 7 heteroatoms. The molecule has 180 valence electrons. The molecule has 0 aromatic heterocycles. The average molecular weight is 466 g/mol. The highest BCUT2D eigenvalue weighted by atomic mass is 16.5. The van der Waals surface area contributed by atoms with Gasteiger partial charge in [-0.05, 0) is 49.6 Å². The molecule has 1 heterocycles. The lowest BCUT2D eigenvalue weighted by atomic mass is 9.95. The van der Waals surface area contributed by atoms with E-state index in [9.17, 15) is 14.7 Å². The molecule has 7 nitrogen and oxygen atoms in total. The molecule has 1 amide bonds. The fraction of sp³-hybridized carbons (Fsp3) is 0.333. The number of rotatable bonds is 12. The minimum Gasteiger partial charge on any atom is -0.503 e. The van der Waals surface area contributed by atoms with Crippen molar-refractivity contribution < 1.29 is 28.9 Å². The fourth-order valence-corrected chi connectivity index (χ4v) is 3.93. The summed E-state index contributed by atoms with van der Waals surface area (Å²) in [7, 11) is 1.59. The van der Waals surface area contributed by atoms with Crippen molar-refractivity contribution in [3.8, 4) is 11.5 Å². The van der Waals surface area contributed by atoms with Gasteiger partial charge in [0.05, 0.1) is 24.8 Å². The smallest absolute Gasteiger partial charge is 0.290 e. The van der Waals surface area contributed by atoms with Crippen LogP contribution < -0.4 is 9.47 Å². The first-order valence-corrected chi connectivity index (χ1v) is 11.4. The van der Waals surface area contributed by atoms with Gasteiger partial charge in [0.15, 0.2) is 23.0 Å². The maximum Gasteiger partial charge on any atom is 0.290 e. The standard InChI is InChI=1S/C27H31NO6/c1-4-33-22-15-13-20(18-23(22)34-5-2)25-24(21(29)14-12-19-10-7-6-8-11-19)26(30)27(31)28(25)16-9-17-32-3/h6-8,10-15,18,25,30H,4-5,9,16-17H2,1-3H3. The Morgan fingerprint density at radius 3 is 2.44 bits per heavy atom. The van der Waals surface area contributed by atoms with Crippen LogP contribution in [0.3, 0.4) is 0 Å². The Morgan fingerprint density at radius 1 is 1.06 bits per heavy atom. The maximum atomic E-state index is 13.2. The number of benzene rings is 2. The van der Waals surface area contributed by atoms with Crippen LogP contribution in [-0.4, -0.2) is 55.2 Å². The van der Waals surface area contributed by atoms with Gasteiger partial charge in [-0.2, -0.15) is 0 Å². The number of amides is 1. The van der Waals surface area contributed by atoms with Gasteiger partial charge in [0, 0.05) is 20.3 Å². The number of hydrogen-bond donors (Lipinski definition) is 1. The first-order valence-electron chi connectivity index (χ1n) is 11.4. The molecule has 0 saturated carbocycles. The molecule has 0 bridgehead atoms. The Bertz CT molecular complexity index is 1060. The van der Waals surface area contributed by atoms with Gasteiger partial charge in [-0.3, -0.25) is 9.59 Å². The molecule has 3 rings (SSSR count). The van der Waals surface area contributed by atoms with Crippen molar-refractivity contribution in [3.63, 3.8) is 0 Å². The number of carbonyl (C=O) groups is 2. The number of ether oxygens (including phenoxy) is 3. The Morgan fingerprint density at radius 2 is 1.76 bits per heavy atom. The van der Waals surface area contributed by atoms with Gasteiger partial charge in [0.25, 0.3) is 5.91 Å². The van der Waals surface area contributed by atoms with E-state index in [1.165, 1.54) is 11.0 Å². The largest absolute Gasteiger partial charge is 0.503 e. The molecule has 1 N–H and O–H groups in total. The van der Waals surface area contributed by atoms with Crippen molar-refractivity contribution in [1.82, 2.24) is 4.90 Å². The zero-order chi connectivity index (χ0) is 24.5. The lowest BCUT2D eigenvalue weighted by Gasteiger charge is -2.27. The second kappa shape index (κ2) is 12.0. The van der Waals surface area contributed by atoms with Gasteiger partial charge in [-0.15, -0.1) is 0 Å². The normalized spacial score (nSPS) is 15.9. The monoisotopic (exact) mass is 465 g/mol. The molecule has 1 aliphatic rings. The highest BCUT2D eigenvalue weighted by Crippen LogP contribution is 2.41. The van der Waals surface area contributed by atoms with E-state index in [0.29, 0.717) is 49.8 Å². The summed E-state index contributed by atoms with van der Waals surface area (Å²) in [5.41, 5.74) is 1.54. The van der Waals surface area contributed by atoms with Crippen LogP contribution in [0.25, 0.3) is 6.08 Å². The van der Waals surface area contributed by atoms with E-state index in [-0.39, 0.29) is 5.57 Å². The van der Waals surface area contributed by atoms with E-state index in [1.807, 2.05) is 44.2 Å². The minimum absolute atomic E-state index is 0.0428. The molecule has 0 fully saturated rings. The first kappa shape index (κ1) is 25.1. The average Bonchev–Trinajstić information content (AvgIpc) is 3.10. The summed E-state index contributed by atoms with van der Waals surface area (Å²) in [4.78, 5) is 27.8. The number of nitrogens with zero attached hydrogens (tertiary/aromatic N) is 1. The van der Waals surface area contributed by atoms with Gasteiger partial charge in [0.1, 0.15) is 0 Å². The van der Waals surface area contributed by atoms with E-state index >= 15 is 0 Å². The number of allylic oxidation sites excluding steroid dienone is 1. The third-order valence-corrected chi connectivity index (χ3v) is 5.43. The second-order valence-electron chi connectivity index (χ2n) is 7.69. The Hall–Kier alpha value is -3.58. The molecular formula is C27H31NO6. The summed E-state index contributed by atoms with van der Waals surface area (Å²) in [6.07, 6.45) is 3.61. The van der Waals surface area contributed by atoms with Crippen LogP contribution in [0.5, 0.6) is 11.5 Å². The summed E-state index contributed by atoms with van der Waals surface area (Å²) in [6, 6.07) is 13.9. The zero-order valence-electron chi connectivity index (χ0n) is 19.8. The number of hydrogen-bond acceptors (Lipinski definition) is 6. The van der Waals surface area contributed by atoms with Crippen LogP contribution >= 0.6 is 0 Å². The number of aliphatic hydroxyl groups is 1. The molecule has 1 atom stereocenters. The highest BCUT2D eigenvalue weighted by Gasteiger charge is 2.42. The topological polar surface area (TPSA) is 85.3 Å². The van der Waals surface area contributed by atoms with Gasteiger partial charge in [-0.1, -0.05) is 42.5 Å². The minimum atomic E-state index is -0.757. The van der Waals surface area contributed by atoms with E-state index in [0.717, 1.165) is 5.56 Å². The molecule has 0 saturated heterocycles. The van der Waals surface area contributed by atoms with Crippen molar-refractivity contribution in [2.45, 2.75) is 26.3 Å². The lowest BCUT2D eigenvalue weighted by molar-refractivity contribution is -0.129. The summed E-state index contributed by atoms with van der Waals surface area (Å²) in [6.45, 7) is 5.41. The van der Waals surface area contributed by atoms with Gasteiger partial charge < -0.3 is 24.2 Å². The fourth-order valence-electron chi connectivity index (χ4n) is 3.93. The molecular weight excluding hydrogens is 434 g/mol. The molecule has 1 unspecified atom stereocenters. The second-order valence-corrected chi connectivity index (χ2v) is 7.69. The summed E-state index contributed by atoms with van der Waals surface area (Å²) in [5.74, 6) is -0.445. The van der Waals surface area contributed by atoms with E-state index in [2.05, 4.69) is 0 Å². The number of aliphatic hydroxyl groups excluding tert-OH is 1. The van der Waals surface area contributed by atoms with Crippen LogP contribution in [0, 0.1) is 0 Å². The van der Waals surface area contributed by atoms with Gasteiger partial charge in [0.2, 0.25) is 0 Å². The number of methoxy groups -OCH3 is 1. The van der Waals surface area contributed by atoms with E-state index in [1.54, 1.807) is 31.4 Å². The maximum absolute atomic E-state index is 13.2. The predicted molar refractivity (Wildman–Crippen MR) is 130 cm³/mol. The molecule has 2 aromatic carbocycles. The third-order valence-electron chi connectivity index (χ3n) is 5.43. The van der Waals surface area contributed by atoms with Crippen LogP contribution in [-0.2, 0) is 14.3 Å². The summed E-state index contributed by atoms with van der Waals surface area (Å²) >= 11 is 0. The zero-order valence-corrected chi connectivity index (χ0v) is 19.8. The summed E-state index contributed by atoms with van der Waals surface area (Å²) in [5, 5.41) is 10.7. The van der Waals surface area contributed by atoms with Crippen LogP contribution in [0.1, 0.15) is 37.4 Å². The van der Waals surface area contributed by atoms with E-state index < -0.39 is 23.5 Å². The van der Waals surface area contributed by atoms with E-state index in [4.69, 9.17) is 14.2 Å². The number of carbonyl (C=O) groups excluding carboxylic acids is 2. The molecule has 2 aromatic rings. The molecule has 0 aliphatic carbocycles. The van der Waals surface area contributed by atoms with Crippen LogP contribution in [0.15, 0.2) is 65.9 Å². The molecule has 34 heavy (non-hydrogen) atoms. The molecule has 1 aliphatic heterocycles. The van der Waals surface area contributed by atoms with Gasteiger partial charge >= 0.3 is 0 Å². The van der Waals surface area contributed by atoms with Crippen molar-refractivity contribution in [3.05, 3.63) is 77.1 Å². The van der Waals surface area contributed by atoms with Crippen molar-refractivity contribution >= 4 is 17.8 Å². The quantitative estimate of drug-likeness (QED) is 0.367. The van der Waals surface area contributed by atoms with Crippen molar-refractivity contribution in [2.24, 2.45) is 0 Å². The first-order chi connectivity index (χ1) is 16.5. The number of ketones is 1. The molecule has 0 radical (unpaired) electrons. The Balaban J connectivity index is 2.02.